The van der Waals surface area contributed by atoms with Gasteiger partial charge in [0.15, 0.2) is 5.78 Å². The summed E-state index contributed by atoms with van der Waals surface area (Å²) in [4.78, 5) is 38.9. The van der Waals surface area contributed by atoms with E-state index in [-0.39, 0.29) is 35.9 Å². The number of likely N-dealkylation sites (N-methyl/N-ethyl adjacent to an activating group) is 1. The zero-order chi connectivity index (χ0) is 26.2. The number of hydrogen-bond donors (Lipinski definition) is 2. The zero-order valence-electron chi connectivity index (χ0n) is 22.0. The summed E-state index contributed by atoms with van der Waals surface area (Å²) in [7, 11) is 3.69. The monoisotopic (exact) mass is 494 g/mol. The number of benzene rings is 1. The van der Waals surface area contributed by atoms with E-state index >= 15 is 0 Å². The molecule has 1 saturated carbocycles. The number of aryl methyl sites for hydroxylation is 1. The number of ether oxygens (including phenoxy) is 1. The first kappa shape index (κ1) is 25.9. The molecule has 8 nitrogen and oxygen atoms in total. The Balaban J connectivity index is 1.54. The lowest BCUT2D eigenvalue weighted by molar-refractivity contribution is -0.151. The highest BCUT2D eigenvalue weighted by molar-refractivity contribution is 6.01. The van der Waals surface area contributed by atoms with Crippen molar-refractivity contribution in [2.45, 2.75) is 71.4 Å². The molecule has 0 atom stereocenters. The Bertz CT molecular complexity index is 1170. The topological polar surface area (TPSA) is 107 Å². The number of esters is 1. The van der Waals surface area contributed by atoms with Crippen LogP contribution in [0.3, 0.4) is 0 Å². The summed E-state index contributed by atoms with van der Waals surface area (Å²) < 4.78 is 7.69. The quantitative estimate of drug-likeness (QED) is 0.566. The first-order chi connectivity index (χ1) is 16.9. The van der Waals surface area contributed by atoms with E-state index in [2.05, 4.69) is 23.7 Å². The smallest absolute Gasteiger partial charge is 0.320 e. The molecule has 1 aromatic heterocycles. The molecule has 36 heavy (non-hydrogen) atoms. The molecule has 0 bridgehead atoms. The van der Waals surface area contributed by atoms with Crippen molar-refractivity contribution in [1.82, 2.24) is 9.47 Å². The second-order valence-corrected chi connectivity index (χ2v) is 11.4. The van der Waals surface area contributed by atoms with Gasteiger partial charge in [-0.05, 0) is 82.3 Å². The minimum Gasteiger partial charge on any atom is -0.461 e. The molecule has 8 heteroatoms. The maximum atomic E-state index is 12.9. The Kier molecular flexibility index (Phi) is 7.27. The lowest BCUT2D eigenvalue weighted by atomic mass is 9.75. The number of aromatic nitrogens is 1. The fraction of sp³-hybridized carbons (Fsp3) is 0.536. The standard InChI is InChI=1S/C28H38N4O4/c1-17-15-32(23-13-28(2,3)14-24(33)26(17)23)19-8-11-21(27(29)35)22(12-19)30-18-6-9-20(10-7-18)36-25(34)16-31(4)5/h8,11-12,15,18,20,30H,6-7,9-10,13-14,16H2,1-5H3,(H2,29,35)/t18-,20-. The SMILES string of the molecule is Cc1cn(-c2ccc(C(N)=O)c(N[C@H]3CC[C@H](OC(=O)CN(C)C)CC3)c2)c2c1C(=O)CC(C)(C)C2. The van der Waals surface area contributed by atoms with Crippen LogP contribution in [0.15, 0.2) is 24.4 Å². The van der Waals surface area contributed by atoms with E-state index in [1.807, 2.05) is 39.3 Å². The number of carbonyl (C=O) groups excluding carboxylic acids is 3. The predicted octanol–water partition coefficient (Wildman–Crippen LogP) is 3.87. The van der Waals surface area contributed by atoms with Crippen molar-refractivity contribution in [1.29, 1.82) is 0 Å². The molecule has 0 spiro atoms. The van der Waals surface area contributed by atoms with Crippen LogP contribution in [0.1, 0.15) is 77.9 Å². The first-order valence-electron chi connectivity index (χ1n) is 12.7. The Morgan fingerprint density at radius 3 is 2.50 bits per heavy atom. The highest BCUT2D eigenvalue weighted by Gasteiger charge is 2.35. The van der Waals surface area contributed by atoms with Gasteiger partial charge in [0.05, 0.1) is 12.1 Å². The molecule has 4 rings (SSSR count). The summed E-state index contributed by atoms with van der Waals surface area (Å²) in [6, 6.07) is 5.74. The van der Waals surface area contributed by atoms with Crippen molar-refractivity contribution >= 4 is 23.3 Å². The molecular formula is C28H38N4O4. The number of rotatable bonds is 7. The second-order valence-electron chi connectivity index (χ2n) is 11.4. The number of ketones is 1. The van der Waals surface area contributed by atoms with E-state index in [4.69, 9.17) is 10.5 Å². The number of fused-ring (bicyclic) bond motifs is 1. The van der Waals surface area contributed by atoms with Crippen molar-refractivity contribution in [3.8, 4) is 5.69 Å². The van der Waals surface area contributed by atoms with Crippen LogP contribution in [-0.4, -0.2) is 59.9 Å². The van der Waals surface area contributed by atoms with Gasteiger partial charge in [0.25, 0.3) is 5.91 Å². The van der Waals surface area contributed by atoms with Gasteiger partial charge in [-0.2, -0.15) is 0 Å². The van der Waals surface area contributed by atoms with E-state index in [0.717, 1.165) is 54.6 Å². The summed E-state index contributed by atoms with van der Waals surface area (Å²) >= 11 is 0. The molecule has 194 valence electrons. The molecule has 2 aliphatic carbocycles. The molecule has 0 radical (unpaired) electrons. The van der Waals surface area contributed by atoms with E-state index in [0.29, 0.717) is 17.7 Å². The van der Waals surface area contributed by atoms with Crippen LogP contribution in [0.25, 0.3) is 5.69 Å². The average Bonchev–Trinajstić information content (AvgIpc) is 3.09. The van der Waals surface area contributed by atoms with Crippen LogP contribution >= 0.6 is 0 Å². The minimum absolute atomic E-state index is 0.0762. The lowest BCUT2D eigenvalue weighted by Gasteiger charge is -2.31. The molecule has 2 aliphatic rings. The Labute approximate surface area is 213 Å². The predicted molar refractivity (Wildman–Crippen MR) is 140 cm³/mol. The normalized spacial score (nSPS) is 21.2. The van der Waals surface area contributed by atoms with Crippen LogP contribution in [0.2, 0.25) is 0 Å². The Morgan fingerprint density at radius 1 is 1.17 bits per heavy atom. The maximum Gasteiger partial charge on any atom is 0.320 e. The summed E-state index contributed by atoms with van der Waals surface area (Å²) in [6.45, 7) is 6.50. The molecule has 1 fully saturated rings. The minimum atomic E-state index is -0.489. The number of carbonyl (C=O) groups is 3. The van der Waals surface area contributed by atoms with Crippen LogP contribution in [0, 0.1) is 12.3 Å². The molecule has 3 N–H and O–H groups in total. The molecule has 0 saturated heterocycles. The van der Waals surface area contributed by atoms with Crippen LogP contribution in [0.4, 0.5) is 5.69 Å². The summed E-state index contributed by atoms with van der Waals surface area (Å²) in [5, 5.41) is 3.53. The van der Waals surface area contributed by atoms with Crippen molar-refractivity contribution < 1.29 is 19.1 Å². The van der Waals surface area contributed by atoms with Crippen molar-refractivity contribution in [3.05, 3.63) is 46.8 Å². The number of primary amides is 1. The number of nitrogens with zero attached hydrogens (tertiary/aromatic N) is 2. The average molecular weight is 495 g/mol. The third-order valence-electron chi connectivity index (χ3n) is 7.18. The molecule has 1 heterocycles. The third kappa shape index (κ3) is 5.64. The molecule has 0 aliphatic heterocycles. The largest absolute Gasteiger partial charge is 0.461 e. The van der Waals surface area contributed by atoms with E-state index < -0.39 is 5.91 Å². The van der Waals surface area contributed by atoms with E-state index in [1.54, 1.807) is 11.0 Å². The van der Waals surface area contributed by atoms with Gasteiger partial charge in [-0.15, -0.1) is 0 Å². The van der Waals surface area contributed by atoms with E-state index in [1.165, 1.54) is 0 Å². The van der Waals surface area contributed by atoms with Crippen molar-refractivity contribution in [3.63, 3.8) is 0 Å². The van der Waals surface area contributed by atoms with Gasteiger partial charge in [0.2, 0.25) is 0 Å². The summed E-state index contributed by atoms with van der Waals surface area (Å²) in [5.41, 5.74) is 10.4. The lowest BCUT2D eigenvalue weighted by Crippen LogP contribution is -2.34. The van der Waals surface area contributed by atoms with Crippen LogP contribution < -0.4 is 11.1 Å². The second kappa shape index (κ2) is 10.1. The highest BCUT2D eigenvalue weighted by Crippen LogP contribution is 2.38. The fourth-order valence-electron chi connectivity index (χ4n) is 5.55. The third-order valence-corrected chi connectivity index (χ3v) is 7.18. The zero-order valence-corrected chi connectivity index (χ0v) is 22.0. The summed E-state index contributed by atoms with van der Waals surface area (Å²) in [6.07, 6.45) is 6.47. The van der Waals surface area contributed by atoms with Gasteiger partial charge in [0, 0.05) is 41.3 Å². The number of nitrogens with two attached hydrogens (primary N) is 1. The first-order valence-corrected chi connectivity index (χ1v) is 12.7. The molecule has 2 aromatic rings. The maximum absolute atomic E-state index is 12.9. The summed E-state index contributed by atoms with van der Waals surface area (Å²) in [5.74, 6) is -0.503. The number of nitrogens with one attached hydrogen (secondary N) is 1. The number of hydrogen-bond acceptors (Lipinski definition) is 6. The van der Waals surface area contributed by atoms with Gasteiger partial charge < -0.3 is 20.4 Å². The van der Waals surface area contributed by atoms with Crippen LogP contribution in [-0.2, 0) is 16.0 Å². The van der Waals surface area contributed by atoms with Gasteiger partial charge >= 0.3 is 5.97 Å². The van der Waals surface area contributed by atoms with Gasteiger partial charge in [-0.25, -0.2) is 0 Å². The highest BCUT2D eigenvalue weighted by atomic mass is 16.5. The molecule has 0 unspecified atom stereocenters. The van der Waals surface area contributed by atoms with Gasteiger partial charge in [-0.1, -0.05) is 13.8 Å². The fourth-order valence-corrected chi connectivity index (χ4v) is 5.55. The van der Waals surface area contributed by atoms with E-state index in [9.17, 15) is 14.4 Å². The Morgan fingerprint density at radius 2 is 1.86 bits per heavy atom. The molecular weight excluding hydrogens is 456 g/mol. The Hall–Kier alpha value is -3.13. The van der Waals surface area contributed by atoms with Gasteiger partial charge in [0.1, 0.15) is 6.10 Å². The molecule has 1 amide bonds. The number of anilines is 1. The number of Topliss-reactive ketones (excluding diaryl/α,β-unsaturated/α-hetero) is 1. The van der Waals surface area contributed by atoms with Gasteiger partial charge in [-0.3, -0.25) is 19.3 Å². The van der Waals surface area contributed by atoms with Crippen molar-refractivity contribution in [2.75, 3.05) is 26.0 Å². The molecule has 1 aromatic carbocycles. The van der Waals surface area contributed by atoms with Crippen LogP contribution in [0.5, 0.6) is 0 Å². The van der Waals surface area contributed by atoms with Crippen molar-refractivity contribution in [2.24, 2.45) is 11.1 Å². The number of amides is 1.